The summed E-state index contributed by atoms with van der Waals surface area (Å²) in [5.74, 6) is -0.370. The number of likely N-dealkylation sites (tertiary alicyclic amines) is 1. The predicted octanol–water partition coefficient (Wildman–Crippen LogP) is 0.464. The van der Waals surface area contributed by atoms with Crippen LogP contribution in [-0.4, -0.2) is 76.5 Å². The van der Waals surface area contributed by atoms with E-state index in [0.717, 1.165) is 16.2 Å². The fraction of sp³-hybridized carbons (Fsp3) is 0.500. The van der Waals surface area contributed by atoms with E-state index in [1.807, 2.05) is 24.3 Å². The molecule has 2 N–H and O–H groups in total. The highest BCUT2D eigenvalue weighted by atomic mass is 32.2. The van der Waals surface area contributed by atoms with Crippen molar-refractivity contribution < 1.29 is 19.8 Å². The van der Waals surface area contributed by atoms with Gasteiger partial charge in [0.25, 0.3) is 0 Å². The number of aliphatic carboxylic acids is 1. The molecule has 2 heterocycles. The lowest BCUT2D eigenvalue weighted by Crippen LogP contribution is -2.43. The maximum atomic E-state index is 12.8. The summed E-state index contributed by atoms with van der Waals surface area (Å²) < 4.78 is 0. The SMILES string of the molecule is CN(CC(=O)O)[C@@H]1CN(C(=O)[C@@H]2CSc3ccccc32)C[C@H]1O. The number of carbonyl (C=O) groups excluding carboxylic acids is 1. The number of likely N-dealkylation sites (N-methyl/N-ethyl adjacent to an activating group) is 1. The van der Waals surface area contributed by atoms with Gasteiger partial charge in [0.05, 0.1) is 24.6 Å². The van der Waals surface area contributed by atoms with Crippen LogP contribution in [0.5, 0.6) is 0 Å². The van der Waals surface area contributed by atoms with Crippen molar-refractivity contribution >= 4 is 23.6 Å². The maximum absolute atomic E-state index is 12.8. The number of hydrogen-bond acceptors (Lipinski definition) is 5. The zero-order valence-electron chi connectivity index (χ0n) is 12.9. The van der Waals surface area contributed by atoms with Crippen LogP contribution >= 0.6 is 11.8 Å². The van der Waals surface area contributed by atoms with Crippen LogP contribution in [0, 0.1) is 0 Å². The van der Waals surface area contributed by atoms with Gasteiger partial charge in [0, 0.05) is 23.7 Å². The van der Waals surface area contributed by atoms with Crippen LogP contribution in [0.4, 0.5) is 0 Å². The molecule has 0 radical (unpaired) electrons. The number of carboxylic acid groups (broad SMARTS) is 1. The van der Waals surface area contributed by atoms with Crippen molar-refractivity contribution in [3.05, 3.63) is 29.8 Å². The minimum atomic E-state index is -0.939. The Morgan fingerprint density at radius 3 is 2.83 bits per heavy atom. The van der Waals surface area contributed by atoms with Gasteiger partial charge in [-0.2, -0.15) is 0 Å². The number of aliphatic hydroxyl groups is 1. The summed E-state index contributed by atoms with van der Waals surface area (Å²) in [6.45, 7) is 0.482. The second-order valence-corrected chi connectivity index (χ2v) is 7.15. The number of rotatable bonds is 4. The third kappa shape index (κ3) is 3.22. The van der Waals surface area contributed by atoms with E-state index >= 15 is 0 Å². The van der Waals surface area contributed by atoms with E-state index in [1.165, 1.54) is 0 Å². The smallest absolute Gasteiger partial charge is 0.317 e. The Labute approximate surface area is 139 Å². The van der Waals surface area contributed by atoms with E-state index < -0.39 is 12.1 Å². The molecule has 6 nitrogen and oxygen atoms in total. The quantitative estimate of drug-likeness (QED) is 0.832. The number of amides is 1. The zero-order chi connectivity index (χ0) is 16.6. The van der Waals surface area contributed by atoms with Gasteiger partial charge in [-0.1, -0.05) is 18.2 Å². The van der Waals surface area contributed by atoms with Gasteiger partial charge in [-0.05, 0) is 18.7 Å². The summed E-state index contributed by atoms with van der Waals surface area (Å²) >= 11 is 1.68. The van der Waals surface area contributed by atoms with Gasteiger partial charge in [-0.3, -0.25) is 14.5 Å². The number of carboxylic acids is 1. The monoisotopic (exact) mass is 336 g/mol. The van der Waals surface area contributed by atoms with Crippen molar-refractivity contribution in [2.75, 3.05) is 32.4 Å². The molecule has 0 aliphatic carbocycles. The molecule has 2 aliphatic heterocycles. The number of β-amino-alcohol motifs (C(OH)–C–C–N with tert-alkyl or cyclic N) is 1. The molecule has 0 aromatic heterocycles. The van der Waals surface area contributed by atoms with Crippen LogP contribution in [0.2, 0.25) is 0 Å². The average Bonchev–Trinajstić information content (AvgIpc) is 3.09. The van der Waals surface area contributed by atoms with E-state index in [1.54, 1.807) is 28.6 Å². The fourth-order valence-corrected chi connectivity index (χ4v) is 4.52. The number of aliphatic hydroxyl groups excluding tert-OH is 1. The minimum Gasteiger partial charge on any atom is -0.480 e. The molecule has 1 aromatic rings. The number of thioether (sulfide) groups is 1. The normalized spacial score (nSPS) is 26.6. The van der Waals surface area contributed by atoms with Gasteiger partial charge in [-0.25, -0.2) is 0 Å². The van der Waals surface area contributed by atoms with E-state index in [9.17, 15) is 14.7 Å². The van der Waals surface area contributed by atoms with Crippen molar-refractivity contribution in [1.29, 1.82) is 0 Å². The highest BCUT2D eigenvalue weighted by molar-refractivity contribution is 7.99. The standard InChI is InChI=1S/C16H20N2O4S/c1-17(8-15(20)21)12-6-18(7-13(12)19)16(22)11-9-23-14-5-3-2-4-10(11)14/h2-5,11-13,19H,6-9H2,1H3,(H,20,21)/t11-,12-,13-/m1/s1. The van der Waals surface area contributed by atoms with E-state index in [2.05, 4.69) is 0 Å². The van der Waals surface area contributed by atoms with Gasteiger partial charge in [0.1, 0.15) is 0 Å². The Balaban J connectivity index is 1.69. The first-order chi connectivity index (χ1) is 11.0. The first kappa shape index (κ1) is 16.3. The Hall–Kier alpha value is -1.57. The summed E-state index contributed by atoms with van der Waals surface area (Å²) in [6, 6.07) is 7.58. The van der Waals surface area contributed by atoms with Crippen molar-refractivity contribution in [2.45, 2.75) is 23.0 Å². The van der Waals surface area contributed by atoms with Crippen LogP contribution in [-0.2, 0) is 9.59 Å². The summed E-state index contributed by atoms with van der Waals surface area (Å²) in [5, 5.41) is 19.1. The van der Waals surface area contributed by atoms with E-state index in [0.29, 0.717) is 6.54 Å². The van der Waals surface area contributed by atoms with Crippen LogP contribution in [0.25, 0.3) is 0 Å². The Morgan fingerprint density at radius 1 is 1.35 bits per heavy atom. The summed E-state index contributed by atoms with van der Waals surface area (Å²) in [7, 11) is 1.66. The molecule has 1 fully saturated rings. The maximum Gasteiger partial charge on any atom is 0.317 e. The molecular weight excluding hydrogens is 316 g/mol. The van der Waals surface area contributed by atoms with E-state index in [-0.39, 0.29) is 31.0 Å². The molecule has 3 rings (SSSR count). The van der Waals surface area contributed by atoms with Crippen LogP contribution in [0.15, 0.2) is 29.2 Å². The molecule has 1 saturated heterocycles. The number of carbonyl (C=O) groups is 2. The Bertz CT molecular complexity index is 624. The molecule has 1 amide bonds. The van der Waals surface area contributed by atoms with Crippen LogP contribution < -0.4 is 0 Å². The largest absolute Gasteiger partial charge is 0.480 e. The lowest BCUT2D eigenvalue weighted by atomic mass is 10.00. The molecule has 7 heteroatoms. The van der Waals surface area contributed by atoms with Crippen LogP contribution in [0.3, 0.4) is 0 Å². The molecular formula is C16H20N2O4S. The predicted molar refractivity (Wildman–Crippen MR) is 86.5 cm³/mol. The fourth-order valence-electron chi connectivity index (χ4n) is 3.30. The molecule has 2 aliphatic rings. The van der Waals surface area contributed by atoms with Gasteiger partial charge in [-0.15, -0.1) is 11.8 Å². The molecule has 3 atom stereocenters. The van der Waals surface area contributed by atoms with Crippen molar-refractivity contribution in [3.63, 3.8) is 0 Å². The third-order valence-electron chi connectivity index (χ3n) is 4.52. The number of benzene rings is 1. The second-order valence-electron chi connectivity index (χ2n) is 6.09. The number of nitrogens with zero attached hydrogens (tertiary/aromatic N) is 2. The lowest BCUT2D eigenvalue weighted by molar-refractivity contribution is -0.138. The average molecular weight is 336 g/mol. The van der Waals surface area contributed by atoms with Gasteiger partial charge in [0.2, 0.25) is 5.91 Å². The third-order valence-corrected chi connectivity index (χ3v) is 5.70. The highest BCUT2D eigenvalue weighted by Crippen LogP contribution is 2.40. The van der Waals surface area contributed by atoms with Gasteiger partial charge < -0.3 is 15.1 Å². The molecule has 0 unspecified atom stereocenters. The molecule has 23 heavy (non-hydrogen) atoms. The van der Waals surface area contributed by atoms with E-state index in [4.69, 9.17) is 5.11 Å². The van der Waals surface area contributed by atoms with Crippen LogP contribution in [0.1, 0.15) is 11.5 Å². The minimum absolute atomic E-state index is 0.0210. The highest BCUT2D eigenvalue weighted by Gasteiger charge is 2.40. The summed E-state index contributed by atoms with van der Waals surface area (Å²) in [6.07, 6.45) is -0.715. The summed E-state index contributed by atoms with van der Waals surface area (Å²) in [4.78, 5) is 28.0. The van der Waals surface area contributed by atoms with Gasteiger partial charge >= 0.3 is 5.97 Å². The van der Waals surface area contributed by atoms with Crippen molar-refractivity contribution in [3.8, 4) is 0 Å². The summed E-state index contributed by atoms with van der Waals surface area (Å²) in [5.41, 5.74) is 1.05. The Kier molecular flexibility index (Phi) is 4.61. The second kappa shape index (κ2) is 6.51. The van der Waals surface area contributed by atoms with Crippen molar-refractivity contribution in [2.24, 2.45) is 0 Å². The first-order valence-corrected chi connectivity index (χ1v) is 8.56. The molecule has 1 aromatic carbocycles. The number of fused-ring (bicyclic) bond motifs is 1. The topological polar surface area (TPSA) is 81.1 Å². The molecule has 0 spiro atoms. The molecule has 0 bridgehead atoms. The van der Waals surface area contributed by atoms with Gasteiger partial charge in [0.15, 0.2) is 0 Å². The Morgan fingerprint density at radius 2 is 2.09 bits per heavy atom. The molecule has 124 valence electrons. The van der Waals surface area contributed by atoms with Crippen molar-refractivity contribution in [1.82, 2.24) is 9.80 Å². The molecule has 0 saturated carbocycles. The lowest BCUT2D eigenvalue weighted by Gasteiger charge is -2.25. The zero-order valence-corrected chi connectivity index (χ0v) is 13.7. The number of hydrogen-bond donors (Lipinski definition) is 2. The first-order valence-electron chi connectivity index (χ1n) is 7.58.